The van der Waals surface area contributed by atoms with Crippen LogP contribution < -0.4 is 10.2 Å². The Hall–Kier alpha value is -1.14. The minimum absolute atomic E-state index is 0.457. The summed E-state index contributed by atoms with van der Waals surface area (Å²) in [6.07, 6.45) is 0. The molecule has 0 aliphatic heterocycles. The first-order valence-corrected chi connectivity index (χ1v) is 8.09. The second kappa shape index (κ2) is 9.99. The molecule has 24 heavy (non-hydrogen) atoms. The lowest BCUT2D eigenvalue weighted by Crippen LogP contribution is -2.42. The molecule has 6 nitrogen and oxygen atoms in total. The van der Waals surface area contributed by atoms with Crippen molar-refractivity contribution in [2.75, 3.05) is 55.4 Å². The van der Waals surface area contributed by atoms with E-state index >= 15 is 0 Å². The molecule has 0 saturated carbocycles. The van der Waals surface area contributed by atoms with E-state index in [9.17, 15) is 0 Å². The Balaban J connectivity index is -0.000000282. The Labute approximate surface area is 149 Å². The fourth-order valence-corrected chi connectivity index (χ4v) is 2.85. The predicted octanol–water partition coefficient (Wildman–Crippen LogP) is -0.0364. The number of hydrogen-bond donors (Lipinski definition) is 0. The summed E-state index contributed by atoms with van der Waals surface area (Å²) in [7, 11) is 13.4. The summed E-state index contributed by atoms with van der Waals surface area (Å²) in [6, 6.07) is 0. The molecule has 0 atom stereocenters. The van der Waals surface area contributed by atoms with Gasteiger partial charge in [0.05, 0.1) is 67.3 Å². The highest BCUT2D eigenvalue weighted by molar-refractivity contribution is 6.25. The van der Waals surface area contributed by atoms with Gasteiger partial charge in [0.25, 0.3) is 0 Å². The van der Waals surface area contributed by atoms with Gasteiger partial charge in [-0.2, -0.15) is 0 Å². The molecular formula is C18H40N2O4. The normalized spacial score (nSPS) is 12.3. The number of carbonyl (C=O) groups excluding carboxylic acids is 2. The van der Waals surface area contributed by atoms with Gasteiger partial charge in [0.15, 0.2) is 0 Å². The number of carboxylic acid groups (broad SMARTS) is 2. The van der Waals surface area contributed by atoms with Crippen LogP contribution in [0.5, 0.6) is 0 Å². The molecule has 0 aromatic rings. The van der Waals surface area contributed by atoms with Gasteiger partial charge < -0.3 is 28.8 Å². The number of hydrogen-bond acceptors (Lipinski definition) is 4. The molecule has 0 bridgehead atoms. The van der Waals surface area contributed by atoms with E-state index in [0.29, 0.717) is 10.8 Å². The average Bonchev–Trinajstić information content (AvgIpc) is 2.05. The van der Waals surface area contributed by atoms with Crippen molar-refractivity contribution in [2.24, 2.45) is 10.8 Å². The summed E-state index contributed by atoms with van der Waals surface area (Å²) in [6.45, 7) is 16.1. The van der Waals surface area contributed by atoms with Crippen LogP contribution in [0.2, 0.25) is 0 Å². The first-order chi connectivity index (χ1) is 10.1. The lowest BCUT2D eigenvalue weighted by atomic mass is 9.96. The van der Waals surface area contributed by atoms with Crippen LogP contribution >= 0.6 is 0 Å². The van der Waals surface area contributed by atoms with Crippen LogP contribution in [0.15, 0.2) is 0 Å². The zero-order valence-corrected chi connectivity index (χ0v) is 17.9. The minimum atomic E-state index is -2.19. The van der Waals surface area contributed by atoms with E-state index in [1.807, 2.05) is 0 Å². The van der Waals surface area contributed by atoms with E-state index in [2.05, 4.69) is 83.8 Å². The molecule has 0 aromatic heterocycles. The minimum Gasteiger partial charge on any atom is -0.543 e. The molecule has 0 aromatic carbocycles. The molecular weight excluding hydrogens is 308 g/mol. The van der Waals surface area contributed by atoms with Gasteiger partial charge in [-0.25, -0.2) is 0 Å². The number of carbonyl (C=O) groups is 2. The summed E-state index contributed by atoms with van der Waals surface area (Å²) >= 11 is 0. The van der Waals surface area contributed by atoms with Crippen molar-refractivity contribution in [1.29, 1.82) is 0 Å². The van der Waals surface area contributed by atoms with Gasteiger partial charge in [-0.1, -0.05) is 41.5 Å². The van der Waals surface area contributed by atoms with Crippen molar-refractivity contribution < 1.29 is 28.8 Å². The Morgan fingerprint density at radius 1 is 0.625 bits per heavy atom. The molecule has 0 radical (unpaired) electrons. The molecule has 6 heteroatoms. The van der Waals surface area contributed by atoms with Crippen LogP contribution in [-0.2, 0) is 9.59 Å². The molecule has 0 unspecified atom stereocenters. The standard InChI is InChI=1S/2C8H20N.C2H2O4/c2*1-8(2,3)7-9(4,5)6;3-1(4)2(5)6/h2*7H2,1-6H3;(H,3,4)(H,5,6)/q2*+1;/p-2. The number of aliphatic carboxylic acids is 2. The molecule has 146 valence electrons. The first kappa shape index (κ1) is 27.7. The van der Waals surface area contributed by atoms with E-state index < -0.39 is 11.9 Å². The van der Waals surface area contributed by atoms with Crippen molar-refractivity contribution in [3.63, 3.8) is 0 Å². The fraction of sp³-hybridized carbons (Fsp3) is 0.889. The smallest absolute Gasteiger partial charge is 0.0870 e. The molecule has 0 aliphatic rings. The second-order valence-electron chi connectivity index (χ2n) is 10.6. The van der Waals surface area contributed by atoms with E-state index in [4.69, 9.17) is 19.8 Å². The Bertz CT molecular complexity index is 316. The maximum absolute atomic E-state index is 8.93. The van der Waals surface area contributed by atoms with Gasteiger partial charge in [0, 0.05) is 10.8 Å². The average molecular weight is 349 g/mol. The largest absolute Gasteiger partial charge is 0.543 e. The Morgan fingerprint density at radius 2 is 0.792 bits per heavy atom. The monoisotopic (exact) mass is 348 g/mol. The van der Waals surface area contributed by atoms with Crippen LogP contribution in [0.1, 0.15) is 41.5 Å². The third-order valence-corrected chi connectivity index (χ3v) is 2.06. The molecule has 0 N–H and O–H groups in total. The summed E-state index contributed by atoms with van der Waals surface area (Å²) in [5.74, 6) is -4.37. The van der Waals surface area contributed by atoms with Crippen LogP contribution in [0.25, 0.3) is 0 Å². The summed E-state index contributed by atoms with van der Waals surface area (Å²) in [5.41, 5.74) is 0.913. The first-order valence-electron chi connectivity index (χ1n) is 8.09. The van der Waals surface area contributed by atoms with Gasteiger partial charge in [-0.15, -0.1) is 0 Å². The molecule has 0 spiro atoms. The fourth-order valence-electron chi connectivity index (χ4n) is 2.85. The molecule has 0 rings (SSSR count). The van der Waals surface area contributed by atoms with Crippen molar-refractivity contribution in [3.05, 3.63) is 0 Å². The zero-order chi connectivity index (χ0) is 20.6. The number of nitrogens with zero attached hydrogens (tertiary/aromatic N) is 2. The maximum Gasteiger partial charge on any atom is 0.0870 e. The summed E-state index contributed by atoms with van der Waals surface area (Å²) < 4.78 is 2.12. The summed E-state index contributed by atoms with van der Waals surface area (Å²) in [4.78, 5) is 17.9. The molecule has 0 aliphatic carbocycles. The van der Waals surface area contributed by atoms with Crippen molar-refractivity contribution in [3.8, 4) is 0 Å². The molecule has 0 saturated heterocycles. The van der Waals surface area contributed by atoms with Gasteiger partial charge in [-0.05, 0) is 0 Å². The molecule has 0 fully saturated rings. The highest BCUT2D eigenvalue weighted by atomic mass is 16.4. The van der Waals surface area contributed by atoms with E-state index in [1.54, 1.807) is 0 Å². The molecule has 0 amide bonds. The number of carboxylic acids is 2. The number of rotatable bonds is 2. The van der Waals surface area contributed by atoms with Crippen LogP contribution in [0.4, 0.5) is 0 Å². The highest BCUT2D eigenvalue weighted by Gasteiger charge is 2.20. The summed E-state index contributed by atoms with van der Waals surface area (Å²) in [5, 5.41) is 17.9. The third-order valence-electron chi connectivity index (χ3n) is 2.06. The zero-order valence-electron chi connectivity index (χ0n) is 17.9. The van der Waals surface area contributed by atoms with Crippen LogP contribution in [0.3, 0.4) is 0 Å². The lowest BCUT2D eigenvalue weighted by molar-refractivity contribution is -0.876. The maximum atomic E-state index is 8.93. The van der Waals surface area contributed by atoms with E-state index in [1.165, 1.54) is 13.1 Å². The van der Waals surface area contributed by atoms with Crippen molar-refractivity contribution in [2.45, 2.75) is 41.5 Å². The van der Waals surface area contributed by atoms with Gasteiger partial charge in [0.2, 0.25) is 0 Å². The lowest BCUT2D eigenvalue weighted by Gasteiger charge is -2.31. The SMILES string of the molecule is CC(C)(C)C[N+](C)(C)C.CC(C)(C)C[N+](C)(C)C.O=C([O-])C(=O)[O-]. The predicted molar refractivity (Wildman–Crippen MR) is 94.7 cm³/mol. The van der Waals surface area contributed by atoms with Crippen LogP contribution in [-0.4, -0.2) is 76.3 Å². The quantitative estimate of drug-likeness (QED) is 0.518. The molecule has 0 heterocycles. The highest BCUT2D eigenvalue weighted by Crippen LogP contribution is 2.16. The van der Waals surface area contributed by atoms with Gasteiger partial charge in [-0.3, -0.25) is 0 Å². The number of quaternary nitrogens is 2. The third kappa shape index (κ3) is 37.3. The van der Waals surface area contributed by atoms with E-state index in [-0.39, 0.29) is 0 Å². The van der Waals surface area contributed by atoms with E-state index in [0.717, 1.165) is 8.97 Å². The van der Waals surface area contributed by atoms with Crippen molar-refractivity contribution >= 4 is 11.9 Å². The van der Waals surface area contributed by atoms with Crippen molar-refractivity contribution in [1.82, 2.24) is 0 Å². The second-order valence-corrected chi connectivity index (χ2v) is 10.6. The van der Waals surface area contributed by atoms with Crippen LogP contribution in [0, 0.1) is 10.8 Å². The van der Waals surface area contributed by atoms with Gasteiger partial charge >= 0.3 is 0 Å². The van der Waals surface area contributed by atoms with Gasteiger partial charge in [0.1, 0.15) is 0 Å². The Kier molecular flexibility index (Phi) is 11.5. The Morgan fingerprint density at radius 3 is 0.792 bits per heavy atom. The topological polar surface area (TPSA) is 80.3 Å².